The van der Waals surface area contributed by atoms with Crippen molar-refractivity contribution in [3.05, 3.63) is 96.9 Å². The number of allylic oxidation sites excluding steroid dienone is 4. The molecule has 1 amide bonds. The van der Waals surface area contributed by atoms with Crippen molar-refractivity contribution in [2.45, 2.75) is 18.9 Å². The highest BCUT2D eigenvalue weighted by Gasteiger charge is 2.27. The third kappa shape index (κ3) is 3.33. The Kier molecular flexibility index (Phi) is 4.65. The summed E-state index contributed by atoms with van der Waals surface area (Å²) in [5.74, 6) is 0.153. The maximum atomic E-state index is 13.6. The molecule has 0 unspecified atom stereocenters. The molecule has 2 aliphatic heterocycles. The summed E-state index contributed by atoms with van der Waals surface area (Å²) >= 11 is 0. The molecule has 0 bridgehead atoms. The molecule has 3 aromatic rings. The van der Waals surface area contributed by atoms with Crippen molar-refractivity contribution >= 4 is 27.5 Å². The van der Waals surface area contributed by atoms with E-state index in [1.165, 1.54) is 0 Å². The zero-order valence-electron chi connectivity index (χ0n) is 16.4. The number of hydrogen-bond donors (Lipinski definition) is 0. The van der Waals surface area contributed by atoms with E-state index >= 15 is 0 Å². The van der Waals surface area contributed by atoms with Crippen LogP contribution in [0.15, 0.2) is 91.3 Å². The molecule has 0 radical (unpaired) electrons. The van der Waals surface area contributed by atoms with Crippen molar-refractivity contribution in [2.75, 3.05) is 13.1 Å². The lowest BCUT2D eigenvalue weighted by Crippen LogP contribution is -2.44. The van der Waals surface area contributed by atoms with Gasteiger partial charge >= 0.3 is 0 Å². The second-order valence-electron chi connectivity index (χ2n) is 7.73. The fraction of sp³-hybridized carbons (Fsp3) is 0.192. The summed E-state index contributed by atoms with van der Waals surface area (Å²) in [6.07, 6.45) is 14.4. The average Bonchev–Trinajstić information content (AvgIpc) is 3.07. The van der Waals surface area contributed by atoms with E-state index in [4.69, 9.17) is 0 Å². The predicted molar refractivity (Wildman–Crippen MR) is 120 cm³/mol. The van der Waals surface area contributed by atoms with Crippen LogP contribution in [0.2, 0.25) is 0 Å². The monoisotopic (exact) mass is 380 g/mol. The average molecular weight is 380 g/mol. The van der Waals surface area contributed by atoms with E-state index in [1.54, 1.807) is 0 Å². The second-order valence-corrected chi connectivity index (χ2v) is 7.73. The van der Waals surface area contributed by atoms with Crippen LogP contribution in [-0.2, 0) is 0 Å². The van der Waals surface area contributed by atoms with Crippen LogP contribution in [0.25, 0.3) is 21.5 Å². The Morgan fingerprint density at radius 3 is 1.90 bits per heavy atom. The minimum absolute atomic E-state index is 0.153. The molecule has 1 saturated heterocycles. The first-order valence-electron chi connectivity index (χ1n) is 10.3. The van der Waals surface area contributed by atoms with Crippen molar-refractivity contribution in [1.82, 2.24) is 9.80 Å². The molecule has 144 valence electrons. The molecule has 5 rings (SSSR count). The van der Waals surface area contributed by atoms with Gasteiger partial charge in [-0.25, -0.2) is 0 Å². The number of rotatable bonds is 2. The number of carbonyl (C=O) groups excluding carboxylic acids is 1. The highest BCUT2D eigenvalue weighted by molar-refractivity contribution is 6.18. The highest BCUT2D eigenvalue weighted by Crippen LogP contribution is 2.30. The van der Waals surface area contributed by atoms with Crippen LogP contribution < -0.4 is 0 Å². The minimum Gasteiger partial charge on any atom is -0.351 e. The van der Waals surface area contributed by atoms with Crippen LogP contribution in [0.1, 0.15) is 23.2 Å². The Morgan fingerprint density at radius 1 is 0.759 bits per heavy atom. The fourth-order valence-corrected chi connectivity index (χ4v) is 4.49. The normalized spacial score (nSPS) is 17.2. The summed E-state index contributed by atoms with van der Waals surface area (Å²) in [5, 5.41) is 4.33. The summed E-state index contributed by atoms with van der Waals surface area (Å²) in [6, 6.07) is 19.1. The quantitative estimate of drug-likeness (QED) is 0.548. The Morgan fingerprint density at radius 2 is 1.31 bits per heavy atom. The van der Waals surface area contributed by atoms with E-state index in [0.717, 1.165) is 53.0 Å². The first-order chi connectivity index (χ1) is 14.3. The smallest absolute Gasteiger partial charge is 0.255 e. The van der Waals surface area contributed by atoms with E-state index in [2.05, 4.69) is 59.8 Å². The second kappa shape index (κ2) is 7.59. The van der Waals surface area contributed by atoms with Gasteiger partial charge in [-0.05, 0) is 52.6 Å². The van der Waals surface area contributed by atoms with Gasteiger partial charge in [0, 0.05) is 31.5 Å². The number of piperidine rings is 1. The number of likely N-dealkylation sites (tertiary alicyclic amines) is 1. The largest absolute Gasteiger partial charge is 0.351 e. The zero-order valence-corrected chi connectivity index (χ0v) is 16.4. The molecule has 2 aliphatic rings. The van der Waals surface area contributed by atoms with Gasteiger partial charge < -0.3 is 9.80 Å². The number of amides is 1. The molecule has 1 fully saturated rings. The maximum Gasteiger partial charge on any atom is 0.255 e. The fourth-order valence-electron chi connectivity index (χ4n) is 4.49. The zero-order chi connectivity index (χ0) is 19.6. The van der Waals surface area contributed by atoms with Gasteiger partial charge in [0.05, 0.1) is 5.56 Å². The molecule has 0 aromatic heterocycles. The summed E-state index contributed by atoms with van der Waals surface area (Å²) in [4.78, 5) is 17.9. The van der Waals surface area contributed by atoms with Crippen LogP contribution in [0.4, 0.5) is 0 Å². The van der Waals surface area contributed by atoms with Crippen LogP contribution in [-0.4, -0.2) is 34.8 Å². The summed E-state index contributed by atoms with van der Waals surface area (Å²) in [6.45, 7) is 1.57. The van der Waals surface area contributed by atoms with Gasteiger partial charge in [-0.2, -0.15) is 0 Å². The molecule has 0 atom stereocenters. The molecule has 0 aliphatic carbocycles. The standard InChI is InChI=1S/C26H24N2O/c29-26(28-17-13-22(14-18-28)27-15-7-1-2-8-16-27)25-23-11-5-3-9-20(23)19-21-10-4-6-12-24(21)25/h1-12,15-16,19,22H,13-14,17-18H2. The lowest BCUT2D eigenvalue weighted by molar-refractivity contribution is 0.0685. The third-order valence-electron chi connectivity index (χ3n) is 6.01. The van der Waals surface area contributed by atoms with Crippen molar-refractivity contribution in [2.24, 2.45) is 0 Å². The van der Waals surface area contributed by atoms with Crippen LogP contribution in [0.3, 0.4) is 0 Å². The van der Waals surface area contributed by atoms with Crippen LogP contribution in [0, 0.1) is 0 Å². The lowest BCUT2D eigenvalue weighted by atomic mass is 9.95. The van der Waals surface area contributed by atoms with Gasteiger partial charge in [0.1, 0.15) is 0 Å². The highest BCUT2D eigenvalue weighted by atomic mass is 16.2. The molecule has 3 nitrogen and oxygen atoms in total. The Labute approximate surface area is 171 Å². The van der Waals surface area contributed by atoms with Crippen molar-refractivity contribution in [3.63, 3.8) is 0 Å². The molecule has 3 aromatic carbocycles. The van der Waals surface area contributed by atoms with Crippen molar-refractivity contribution in [1.29, 1.82) is 0 Å². The summed E-state index contributed by atoms with van der Waals surface area (Å²) < 4.78 is 0. The molecular weight excluding hydrogens is 356 g/mol. The Hall–Kier alpha value is -3.33. The summed E-state index contributed by atoms with van der Waals surface area (Å²) in [5.41, 5.74) is 0.843. The van der Waals surface area contributed by atoms with Gasteiger partial charge in [0.15, 0.2) is 0 Å². The van der Waals surface area contributed by atoms with Crippen LogP contribution >= 0.6 is 0 Å². The molecule has 0 spiro atoms. The Balaban J connectivity index is 1.45. The Bertz CT molecular complexity index is 1080. The third-order valence-corrected chi connectivity index (χ3v) is 6.01. The number of hydrogen-bond acceptors (Lipinski definition) is 2. The van der Waals surface area contributed by atoms with Crippen molar-refractivity contribution in [3.8, 4) is 0 Å². The molecule has 0 N–H and O–H groups in total. The number of benzene rings is 3. The van der Waals surface area contributed by atoms with Crippen molar-refractivity contribution < 1.29 is 4.79 Å². The molecule has 29 heavy (non-hydrogen) atoms. The van der Waals surface area contributed by atoms with Gasteiger partial charge in [0.2, 0.25) is 0 Å². The molecule has 2 heterocycles. The molecule has 0 saturated carbocycles. The van der Waals surface area contributed by atoms with Gasteiger partial charge in [-0.15, -0.1) is 0 Å². The number of nitrogens with zero attached hydrogens (tertiary/aromatic N) is 2. The predicted octanol–water partition coefficient (Wildman–Crippen LogP) is 5.50. The van der Waals surface area contributed by atoms with E-state index in [-0.39, 0.29) is 5.91 Å². The maximum absolute atomic E-state index is 13.6. The molecule has 3 heteroatoms. The van der Waals surface area contributed by atoms with Crippen LogP contribution in [0.5, 0.6) is 0 Å². The van der Waals surface area contributed by atoms with E-state index in [0.29, 0.717) is 6.04 Å². The SMILES string of the molecule is O=C(c1c2ccccc2cc2ccccc12)N1CCC(N2C=CC=CC=C2)CC1. The van der Waals surface area contributed by atoms with Gasteiger partial charge in [-0.3, -0.25) is 4.79 Å². The number of carbonyl (C=O) groups is 1. The summed E-state index contributed by atoms with van der Waals surface area (Å²) in [7, 11) is 0. The topological polar surface area (TPSA) is 23.6 Å². The van der Waals surface area contributed by atoms with E-state index < -0.39 is 0 Å². The lowest BCUT2D eigenvalue weighted by Gasteiger charge is -2.36. The van der Waals surface area contributed by atoms with E-state index in [1.807, 2.05) is 41.3 Å². The van der Waals surface area contributed by atoms with Gasteiger partial charge in [0.25, 0.3) is 5.91 Å². The first kappa shape index (κ1) is 17.7. The number of fused-ring (bicyclic) bond motifs is 2. The molecular formula is C26H24N2O. The first-order valence-corrected chi connectivity index (χ1v) is 10.3. The minimum atomic E-state index is 0.153. The van der Waals surface area contributed by atoms with E-state index in [9.17, 15) is 4.79 Å². The van der Waals surface area contributed by atoms with Gasteiger partial charge in [-0.1, -0.05) is 60.7 Å².